The van der Waals surface area contributed by atoms with Crippen LogP contribution in [0.4, 0.5) is 10.9 Å². The van der Waals surface area contributed by atoms with Gasteiger partial charge in [-0.05, 0) is 24.0 Å². The smallest absolute Gasteiger partial charge is 0.264 e. The molecule has 1 N–H and O–H groups in total. The Morgan fingerprint density at radius 2 is 2.03 bits per heavy atom. The Hall–Kier alpha value is -2.47. The van der Waals surface area contributed by atoms with Gasteiger partial charge in [-0.2, -0.15) is 0 Å². The molecule has 1 amide bonds. The zero-order valence-electron chi connectivity index (χ0n) is 18.3. The fourth-order valence-electron chi connectivity index (χ4n) is 4.01. The Kier molecular flexibility index (Phi) is 6.63. The first kappa shape index (κ1) is 22.3. The van der Waals surface area contributed by atoms with Crippen LogP contribution in [0.15, 0.2) is 34.7 Å². The standard InChI is InChI=1S/C22H25N5O4S2/c1-2-32-21-26-25-20(33-21)24-18(28)14-29-16-5-3-4-15-6-7-17(23-19(15)16)27-10-8-22(9-11-27)30-12-13-31-22/h3-7H,2,8-14H2,1H3,(H,24,25,28). The topological polar surface area (TPSA) is 98.7 Å². The summed E-state index contributed by atoms with van der Waals surface area (Å²) in [7, 11) is 0. The van der Waals surface area contributed by atoms with E-state index in [4.69, 9.17) is 19.2 Å². The molecule has 2 aliphatic heterocycles. The molecule has 11 heteroatoms. The van der Waals surface area contributed by atoms with Crippen LogP contribution < -0.4 is 15.0 Å². The molecule has 33 heavy (non-hydrogen) atoms. The minimum atomic E-state index is -0.419. The summed E-state index contributed by atoms with van der Waals surface area (Å²) in [5.41, 5.74) is 0.731. The van der Waals surface area contributed by atoms with Crippen LogP contribution in [0.3, 0.4) is 0 Å². The fraction of sp³-hybridized carbons (Fsp3) is 0.455. The van der Waals surface area contributed by atoms with E-state index < -0.39 is 5.79 Å². The van der Waals surface area contributed by atoms with Crippen LogP contribution in [0, 0.1) is 0 Å². The van der Waals surface area contributed by atoms with Crippen molar-refractivity contribution >= 4 is 50.9 Å². The summed E-state index contributed by atoms with van der Waals surface area (Å²) in [6.07, 6.45) is 1.63. The minimum absolute atomic E-state index is 0.137. The van der Waals surface area contributed by atoms with Gasteiger partial charge in [0.15, 0.2) is 16.7 Å². The van der Waals surface area contributed by atoms with E-state index >= 15 is 0 Å². The summed E-state index contributed by atoms with van der Waals surface area (Å²) in [6.45, 7) is 4.86. The number of rotatable bonds is 7. The van der Waals surface area contributed by atoms with Gasteiger partial charge in [-0.3, -0.25) is 10.1 Å². The number of hydrogen-bond donors (Lipinski definition) is 1. The summed E-state index contributed by atoms with van der Waals surface area (Å²) in [5.74, 6) is 1.65. The first-order chi connectivity index (χ1) is 16.1. The summed E-state index contributed by atoms with van der Waals surface area (Å²) >= 11 is 2.94. The monoisotopic (exact) mass is 487 g/mol. The van der Waals surface area contributed by atoms with E-state index in [1.54, 1.807) is 11.8 Å². The molecular formula is C22H25N5O4S2. The Bertz CT molecular complexity index is 1120. The van der Waals surface area contributed by atoms with E-state index in [1.807, 2.05) is 37.3 Å². The van der Waals surface area contributed by atoms with Crippen LogP contribution in [-0.4, -0.2) is 65.5 Å². The third-order valence-corrected chi connectivity index (χ3v) is 7.46. The van der Waals surface area contributed by atoms with Gasteiger partial charge in [0, 0.05) is 31.3 Å². The maximum atomic E-state index is 12.4. The molecule has 0 unspecified atom stereocenters. The molecule has 0 bridgehead atoms. The lowest BCUT2D eigenvalue weighted by molar-refractivity contribution is -0.169. The zero-order valence-corrected chi connectivity index (χ0v) is 19.9. The first-order valence-corrected chi connectivity index (χ1v) is 12.8. The normalized spacial score (nSPS) is 17.5. The highest BCUT2D eigenvalue weighted by Crippen LogP contribution is 2.34. The van der Waals surface area contributed by atoms with Gasteiger partial charge in [-0.1, -0.05) is 42.2 Å². The van der Waals surface area contributed by atoms with Crippen molar-refractivity contribution in [1.29, 1.82) is 0 Å². The Labute approximate surface area is 199 Å². The maximum Gasteiger partial charge on any atom is 0.264 e. The number of nitrogens with one attached hydrogen (secondary N) is 1. The molecule has 3 aromatic rings. The summed E-state index contributed by atoms with van der Waals surface area (Å²) < 4.78 is 18.3. The van der Waals surface area contributed by atoms with Crippen molar-refractivity contribution in [2.75, 3.05) is 48.9 Å². The number of piperidine rings is 1. The van der Waals surface area contributed by atoms with Crippen LogP contribution in [0.1, 0.15) is 19.8 Å². The van der Waals surface area contributed by atoms with Crippen LogP contribution in [0.25, 0.3) is 10.9 Å². The molecule has 2 saturated heterocycles. The number of aromatic nitrogens is 3. The molecule has 9 nitrogen and oxygen atoms in total. The average molecular weight is 488 g/mol. The SMILES string of the molecule is CCSc1nnc(NC(=O)COc2cccc3ccc(N4CCC5(CC4)OCCO5)nc23)s1. The predicted octanol–water partition coefficient (Wildman–Crippen LogP) is 3.56. The third-order valence-electron chi connectivity index (χ3n) is 5.61. The van der Waals surface area contributed by atoms with Crippen molar-refractivity contribution in [1.82, 2.24) is 15.2 Å². The quantitative estimate of drug-likeness (QED) is 0.396. The molecule has 0 saturated carbocycles. The molecule has 4 heterocycles. The molecule has 174 valence electrons. The molecular weight excluding hydrogens is 462 g/mol. The van der Waals surface area contributed by atoms with E-state index in [2.05, 4.69) is 20.4 Å². The molecule has 0 atom stereocenters. The van der Waals surface area contributed by atoms with Crippen LogP contribution in [-0.2, 0) is 14.3 Å². The maximum absolute atomic E-state index is 12.4. The highest BCUT2D eigenvalue weighted by atomic mass is 32.2. The van der Waals surface area contributed by atoms with Crippen molar-refractivity contribution < 1.29 is 19.0 Å². The molecule has 1 spiro atoms. The third kappa shape index (κ3) is 5.06. The second kappa shape index (κ2) is 9.80. The Morgan fingerprint density at radius 3 is 2.82 bits per heavy atom. The number of amides is 1. The van der Waals surface area contributed by atoms with Gasteiger partial charge in [0.25, 0.3) is 5.91 Å². The number of carbonyl (C=O) groups is 1. The lowest BCUT2D eigenvalue weighted by atomic mass is 10.0. The lowest BCUT2D eigenvalue weighted by Crippen LogP contribution is -2.45. The van der Waals surface area contributed by atoms with E-state index in [-0.39, 0.29) is 12.5 Å². The predicted molar refractivity (Wildman–Crippen MR) is 128 cm³/mol. The first-order valence-electron chi connectivity index (χ1n) is 11.0. The largest absolute Gasteiger partial charge is 0.481 e. The van der Waals surface area contributed by atoms with Crippen molar-refractivity contribution in [2.45, 2.75) is 29.9 Å². The van der Waals surface area contributed by atoms with Gasteiger partial charge in [0.1, 0.15) is 17.1 Å². The van der Waals surface area contributed by atoms with Gasteiger partial charge in [0.05, 0.1) is 13.2 Å². The number of carbonyl (C=O) groups excluding carboxylic acids is 1. The van der Waals surface area contributed by atoms with Gasteiger partial charge in [-0.25, -0.2) is 4.98 Å². The number of hydrogen-bond acceptors (Lipinski definition) is 10. The second-order valence-corrected chi connectivity index (χ2v) is 10.2. The van der Waals surface area contributed by atoms with E-state index in [0.29, 0.717) is 24.1 Å². The highest BCUT2D eigenvalue weighted by molar-refractivity contribution is 8.01. The average Bonchev–Trinajstić information content (AvgIpc) is 3.48. The van der Waals surface area contributed by atoms with Gasteiger partial charge in [0.2, 0.25) is 5.13 Å². The van der Waals surface area contributed by atoms with Crippen molar-refractivity contribution in [3.8, 4) is 5.75 Å². The Morgan fingerprint density at radius 1 is 1.21 bits per heavy atom. The van der Waals surface area contributed by atoms with Crippen molar-refractivity contribution in [3.05, 3.63) is 30.3 Å². The van der Waals surface area contributed by atoms with Crippen molar-refractivity contribution in [2.24, 2.45) is 0 Å². The van der Waals surface area contributed by atoms with E-state index in [0.717, 1.165) is 52.7 Å². The molecule has 0 radical (unpaired) electrons. The minimum Gasteiger partial charge on any atom is -0.481 e. The number of anilines is 2. The molecule has 5 rings (SSSR count). The number of fused-ring (bicyclic) bond motifs is 1. The number of nitrogens with zero attached hydrogens (tertiary/aromatic N) is 4. The van der Waals surface area contributed by atoms with Crippen molar-refractivity contribution in [3.63, 3.8) is 0 Å². The Balaban J connectivity index is 1.25. The number of pyridine rings is 1. The van der Waals surface area contributed by atoms with Gasteiger partial charge < -0.3 is 19.1 Å². The molecule has 2 aromatic heterocycles. The summed E-state index contributed by atoms with van der Waals surface area (Å²) in [6, 6.07) is 9.77. The summed E-state index contributed by atoms with van der Waals surface area (Å²) in [5, 5.41) is 12.2. The highest BCUT2D eigenvalue weighted by Gasteiger charge is 2.40. The molecule has 2 aliphatic rings. The van der Waals surface area contributed by atoms with Crippen LogP contribution in [0.2, 0.25) is 0 Å². The van der Waals surface area contributed by atoms with Crippen LogP contribution >= 0.6 is 23.1 Å². The number of benzene rings is 1. The number of ether oxygens (including phenoxy) is 3. The molecule has 1 aromatic carbocycles. The second-order valence-electron chi connectivity index (χ2n) is 7.73. The number of thioether (sulfide) groups is 1. The lowest BCUT2D eigenvalue weighted by Gasteiger charge is -2.38. The van der Waals surface area contributed by atoms with Gasteiger partial charge in [-0.15, -0.1) is 10.2 Å². The van der Waals surface area contributed by atoms with Gasteiger partial charge >= 0.3 is 0 Å². The molecule has 2 fully saturated rings. The van der Waals surface area contributed by atoms with E-state index in [9.17, 15) is 4.79 Å². The van der Waals surface area contributed by atoms with Crippen LogP contribution in [0.5, 0.6) is 5.75 Å². The zero-order chi connectivity index (χ0) is 22.7. The summed E-state index contributed by atoms with van der Waals surface area (Å²) in [4.78, 5) is 19.5. The molecule has 0 aliphatic carbocycles. The fourth-order valence-corrected chi connectivity index (χ4v) is 5.67. The number of para-hydroxylation sites is 1. The van der Waals surface area contributed by atoms with E-state index in [1.165, 1.54) is 11.3 Å².